The second kappa shape index (κ2) is 12.5. The van der Waals surface area contributed by atoms with Crippen molar-refractivity contribution in [1.82, 2.24) is 10.2 Å². The number of nitrogens with zero attached hydrogens (tertiary/aromatic N) is 1. The SMILES string of the molecule is CCCCNC(=O)C(CC)N(Cc1ccccc1Cl)C(=O)COc1ccc(Cl)cc1. The van der Waals surface area contributed by atoms with E-state index in [0.717, 1.165) is 18.4 Å². The van der Waals surface area contributed by atoms with Gasteiger partial charge in [0, 0.05) is 23.1 Å². The van der Waals surface area contributed by atoms with Gasteiger partial charge in [0.15, 0.2) is 6.61 Å². The van der Waals surface area contributed by atoms with E-state index in [4.69, 9.17) is 27.9 Å². The molecule has 0 saturated carbocycles. The zero-order chi connectivity index (χ0) is 21.9. The van der Waals surface area contributed by atoms with Crippen molar-refractivity contribution in [3.63, 3.8) is 0 Å². The van der Waals surface area contributed by atoms with Gasteiger partial charge in [0.2, 0.25) is 5.91 Å². The highest BCUT2D eigenvalue weighted by molar-refractivity contribution is 6.31. The normalized spacial score (nSPS) is 11.6. The lowest BCUT2D eigenvalue weighted by atomic mass is 10.1. The minimum Gasteiger partial charge on any atom is -0.484 e. The Morgan fingerprint density at radius 2 is 1.77 bits per heavy atom. The van der Waals surface area contributed by atoms with Gasteiger partial charge in [0.25, 0.3) is 5.91 Å². The predicted molar refractivity (Wildman–Crippen MR) is 121 cm³/mol. The maximum atomic E-state index is 13.1. The van der Waals surface area contributed by atoms with Gasteiger partial charge in [-0.2, -0.15) is 0 Å². The number of rotatable bonds is 11. The third-order valence-electron chi connectivity index (χ3n) is 4.69. The fourth-order valence-electron chi connectivity index (χ4n) is 2.99. The molecule has 2 amide bonds. The summed E-state index contributed by atoms with van der Waals surface area (Å²) in [4.78, 5) is 27.4. The van der Waals surface area contributed by atoms with Crippen LogP contribution in [0.15, 0.2) is 48.5 Å². The van der Waals surface area contributed by atoms with Crippen LogP contribution in [0, 0.1) is 0 Å². The monoisotopic (exact) mass is 450 g/mol. The first kappa shape index (κ1) is 24.0. The molecule has 1 unspecified atom stereocenters. The molecule has 30 heavy (non-hydrogen) atoms. The smallest absolute Gasteiger partial charge is 0.261 e. The summed E-state index contributed by atoms with van der Waals surface area (Å²) in [7, 11) is 0. The lowest BCUT2D eigenvalue weighted by molar-refractivity contribution is -0.143. The van der Waals surface area contributed by atoms with Gasteiger partial charge in [0.05, 0.1) is 0 Å². The Labute approximate surface area is 188 Å². The molecule has 0 fully saturated rings. The molecule has 0 heterocycles. The lowest BCUT2D eigenvalue weighted by Gasteiger charge is -2.30. The van der Waals surface area contributed by atoms with Gasteiger partial charge in [-0.15, -0.1) is 0 Å². The molecule has 0 aliphatic rings. The number of halogens is 2. The maximum absolute atomic E-state index is 13.1. The van der Waals surface area contributed by atoms with E-state index in [1.165, 1.54) is 0 Å². The van der Waals surface area contributed by atoms with Crippen molar-refractivity contribution >= 4 is 35.0 Å². The van der Waals surface area contributed by atoms with Crippen LogP contribution in [0.1, 0.15) is 38.7 Å². The molecule has 1 N–H and O–H groups in total. The van der Waals surface area contributed by atoms with E-state index in [2.05, 4.69) is 12.2 Å². The minimum absolute atomic E-state index is 0.169. The minimum atomic E-state index is -0.612. The van der Waals surface area contributed by atoms with Crippen molar-refractivity contribution in [2.45, 2.75) is 45.7 Å². The summed E-state index contributed by atoms with van der Waals surface area (Å²) in [6, 6.07) is 13.5. The highest BCUT2D eigenvalue weighted by Crippen LogP contribution is 2.20. The summed E-state index contributed by atoms with van der Waals surface area (Å²) >= 11 is 12.2. The van der Waals surface area contributed by atoms with E-state index < -0.39 is 6.04 Å². The summed E-state index contributed by atoms with van der Waals surface area (Å²) in [6.07, 6.45) is 2.35. The Morgan fingerprint density at radius 3 is 2.40 bits per heavy atom. The van der Waals surface area contributed by atoms with Crippen molar-refractivity contribution < 1.29 is 14.3 Å². The molecule has 2 aromatic carbocycles. The number of amides is 2. The molecule has 5 nitrogen and oxygen atoms in total. The Kier molecular flexibility index (Phi) is 9.98. The van der Waals surface area contributed by atoms with Crippen molar-refractivity contribution in [3.05, 3.63) is 64.1 Å². The molecular formula is C23H28Cl2N2O3. The van der Waals surface area contributed by atoms with Crippen molar-refractivity contribution in [1.29, 1.82) is 0 Å². The summed E-state index contributed by atoms with van der Waals surface area (Å²) < 4.78 is 5.63. The second-order valence-electron chi connectivity index (χ2n) is 6.92. The van der Waals surface area contributed by atoms with Gasteiger partial charge in [-0.3, -0.25) is 9.59 Å². The Morgan fingerprint density at radius 1 is 1.07 bits per heavy atom. The summed E-state index contributed by atoms with van der Waals surface area (Å²) in [5.41, 5.74) is 0.777. The predicted octanol–water partition coefficient (Wildman–Crippen LogP) is 5.10. The van der Waals surface area contributed by atoms with E-state index in [9.17, 15) is 9.59 Å². The molecule has 0 bridgehead atoms. The van der Waals surface area contributed by atoms with Gasteiger partial charge < -0.3 is 15.0 Å². The van der Waals surface area contributed by atoms with Crippen LogP contribution in [0.3, 0.4) is 0 Å². The van der Waals surface area contributed by atoms with Gasteiger partial charge >= 0.3 is 0 Å². The van der Waals surface area contributed by atoms with Crippen LogP contribution in [0.5, 0.6) is 5.75 Å². The van der Waals surface area contributed by atoms with E-state index in [0.29, 0.717) is 28.8 Å². The number of hydrogen-bond acceptors (Lipinski definition) is 3. The summed E-state index contributed by atoms with van der Waals surface area (Å²) in [6.45, 7) is 4.57. The number of ether oxygens (including phenoxy) is 1. The fraction of sp³-hybridized carbons (Fsp3) is 0.391. The molecule has 2 rings (SSSR count). The van der Waals surface area contributed by atoms with Crippen LogP contribution in [0.4, 0.5) is 0 Å². The Bertz CT molecular complexity index is 827. The molecular weight excluding hydrogens is 423 g/mol. The molecule has 0 saturated heterocycles. The van der Waals surface area contributed by atoms with Crippen LogP contribution in [0.25, 0.3) is 0 Å². The van der Waals surface area contributed by atoms with Gasteiger partial charge in [0.1, 0.15) is 11.8 Å². The highest BCUT2D eigenvalue weighted by Gasteiger charge is 2.29. The van der Waals surface area contributed by atoms with Gasteiger partial charge in [-0.05, 0) is 48.7 Å². The van der Waals surface area contributed by atoms with Crippen LogP contribution in [0.2, 0.25) is 10.0 Å². The molecule has 162 valence electrons. The van der Waals surface area contributed by atoms with E-state index >= 15 is 0 Å². The van der Waals surface area contributed by atoms with Crippen LogP contribution < -0.4 is 10.1 Å². The van der Waals surface area contributed by atoms with Crippen LogP contribution >= 0.6 is 23.2 Å². The number of hydrogen-bond donors (Lipinski definition) is 1. The van der Waals surface area contributed by atoms with Crippen LogP contribution in [-0.2, 0) is 16.1 Å². The summed E-state index contributed by atoms with van der Waals surface area (Å²) in [5.74, 6) is 0.0751. The van der Waals surface area contributed by atoms with Crippen molar-refractivity contribution in [2.75, 3.05) is 13.2 Å². The van der Waals surface area contributed by atoms with Gasteiger partial charge in [-0.25, -0.2) is 0 Å². The molecule has 0 aromatic heterocycles. The number of unbranched alkanes of at least 4 members (excludes halogenated alkanes) is 1. The highest BCUT2D eigenvalue weighted by atomic mass is 35.5. The van der Waals surface area contributed by atoms with E-state index in [1.54, 1.807) is 35.2 Å². The first-order valence-electron chi connectivity index (χ1n) is 10.1. The quantitative estimate of drug-likeness (QED) is 0.484. The summed E-state index contributed by atoms with van der Waals surface area (Å²) in [5, 5.41) is 4.07. The molecule has 0 aliphatic heterocycles. The number of carbonyl (C=O) groups excluding carboxylic acids is 2. The van der Waals surface area contributed by atoms with E-state index in [-0.39, 0.29) is 25.0 Å². The van der Waals surface area contributed by atoms with Gasteiger partial charge in [-0.1, -0.05) is 61.7 Å². The topological polar surface area (TPSA) is 58.6 Å². The molecule has 0 radical (unpaired) electrons. The number of benzene rings is 2. The van der Waals surface area contributed by atoms with Crippen molar-refractivity contribution in [2.24, 2.45) is 0 Å². The molecule has 7 heteroatoms. The zero-order valence-electron chi connectivity index (χ0n) is 17.4. The lowest BCUT2D eigenvalue weighted by Crippen LogP contribution is -2.50. The molecule has 0 spiro atoms. The van der Waals surface area contributed by atoms with E-state index in [1.807, 2.05) is 25.1 Å². The number of nitrogens with one attached hydrogen (secondary N) is 1. The fourth-order valence-corrected chi connectivity index (χ4v) is 3.32. The van der Waals surface area contributed by atoms with Crippen LogP contribution in [-0.4, -0.2) is 35.9 Å². The Balaban J connectivity index is 2.17. The first-order chi connectivity index (χ1) is 14.5. The molecule has 2 aromatic rings. The molecule has 0 aliphatic carbocycles. The molecule has 1 atom stereocenters. The Hall–Kier alpha value is -2.24. The largest absolute Gasteiger partial charge is 0.484 e. The third kappa shape index (κ3) is 7.22. The third-order valence-corrected chi connectivity index (χ3v) is 5.31. The standard InChI is InChI=1S/C23H28Cl2N2O3/c1-3-5-14-26-23(29)21(4-2)27(15-17-8-6-7-9-20(17)25)22(28)16-30-19-12-10-18(24)11-13-19/h6-13,21H,3-5,14-16H2,1-2H3,(H,26,29). The maximum Gasteiger partial charge on any atom is 0.261 e. The number of carbonyl (C=O) groups is 2. The zero-order valence-corrected chi connectivity index (χ0v) is 18.9. The second-order valence-corrected chi connectivity index (χ2v) is 7.77. The van der Waals surface area contributed by atoms with Crippen molar-refractivity contribution in [3.8, 4) is 5.75 Å². The first-order valence-corrected chi connectivity index (χ1v) is 10.9. The average molecular weight is 451 g/mol. The average Bonchev–Trinajstić information content (AvgIpc) is 2.74.